The Morgan fingerprint density at radius 1 is 1.25 bits per heavy atom. The van der Waals surface area contributed by atoms with E-state index in [-0.39, 0.29) is 46.8 Å². The topological polar surface area (TPSA) is 89.9 Å². The smallest absolute Gasteiger partial charge is 0.307 e. The van der Waals surface area contributed by atoms with Gasteiger partial charge in [-0.1, -0.05) is 30.7 Å². The Labute approximate surface area is 194 Å². The zero-order valence-electron chi connectivity index (χ0n) is 19.2. The summed E-state index contributed by atoms with van der Waals surface area (Å²) in [6.45, 7) is 4.11. The number of esters is 1. The van der Waals surface area contributed by atoms with E-state index in [2.05, 4.69) is 19.0 Å². The number of ketones is 2. The van der Waals surface area contributed by atoms with Crippen LogP contribution in [0.15, 0.2) is 29.0 Å². The summed E-state index contributed by atoms with van der Waals surface area (Å²) in [7, 11) is 0. The normalized spacial score (nSPS) is 40.0. The molecule has 32 heavy (non-hydrogen) atoms. The van der Waals surface area contributed by atoms with E-state index >= 15 is 0 Å². The molecule has 6 nitrogen and oxygen atoms in total. The number of fused-ring (bicyclic) bond motifs is 5. The van der Waals surface area contributed by atoms with Gasteiger partial charge in [-0.3, -0.25) is 14.4 Å². The van der Waals surface area contributed by atoms with Crippen LogP contribution in [0.3, 0.4) is 0 Å². The van der Waals surface area contributed by atoms with Crippen LogP contribution in [0.1, 0.15) is 52.4 Å². The first kappa shape index (κ1) is 23.4. The highest BCUT2D eigenvalue weighted by Gasteiger charge is 2.63. The minimum atomic E-state index is -0.398. The molecular formula is C25H33NO5S. The average molecular weight is 460 g/mol. The minimum Gasteiger partial charge on any atom is -0.458 e. The van der Waals surface area contributed by atoms with Crippen molar-refractivity contribution in [1.82, 2.24) is 0 Å². The van der Waals surface area contributed by atoms with E-state index in [1.807, 2.05) is 12.3 Å². The van der Waals surface area contributed by atoms with Crippen LogP contribution >= 0.6 is 11.8 Å². The number of nitrogens with zero attached hydrogens (tertiary/aromatic N) is 1. The van der Waals surface area contributed by atoms with Gasteiger partial charge in [0, 0.05) is 23.0 Å². The molecule has 0 amide bonds. The summed E-state index contributed by atoms with van der Waals surface area (Å²) in [5.41, 5.74) is 0.478. The van der Waals surface area contributed by atoms with Crippen molar-refractivity contribution >= 4 is 29.3 Å². The second-order valence-corrected chi connectivity index (χ2v) is 11.4. The molecule has 7 heteroatoms. The van der Waals surface area contributed by atoms with Crippen molar-refractivity contribution in [3.63, 3.8) is 0 Å². The van der Waals surface area contributed by atoms with E-state index in [9.17, 15) is 19.3 Å². The molecule has 4 aliphatic rings. The lowest BCUT2D eigenvalue weighted by molar-refractivity contribution is -0.150. The lowest BCUT2D eigenvalue weighted by Crippen LogP contribution is -2.56. The second kappa shape index (κ2) is 8.88. The summed E-state index contributed by atoms with van der Waals surface area (Å²) in [4.78, 5) is 49.1. The predicted octanol–water partition coefficient (Wildman–Crippen LogP) is 4.52. The quantitative estimate of drug-likeness (QED) is 0.411. The maximum atomic E-state index is 13.1. The van der Waals surface area contributed by atoms with Crippen molar-refractivity contribution in [2.45, 2.75) is 58.4 Å². The zero-order valence-corrected chi connectivity index (χ0v) is 20.0. The monoisotopic (exact) mass is 459 g/mol. The van der Waals surface area contributed by atoms with Gasteiger partial charge in [-0.05, 0) is 67.8 Å². The summed E-state index contributed by atoms with van der Waals surface area (Å²) >= 11 is 1.57. The van der Waals surface area contributed by atoms with Crippen molar-refractivity contribution in [2.75, 3.05) is 18.6 Å². The molecule has 7 atom stereocenters. The van der Waals surface area contributed by atoms with Gasteiger partial charge in [-0.15, -0.1) is 0 Å². The van der Waals surface area contributed by atoms with Gasteiger partial charge >= 0.3 is 5.97 Å². The molecule has 4 aliphatic carbocycles. The number of hydrogen-bond acceptors (Lipinski definition) is 7. The Morgan fingerprint density at radius 3 is 2.75 bits per heavy atom. The third-order valence-electron chi connectivity index (χ3n) is 8.90. The van der Waals surface area contributed by atoms with Crippen molar-refractivity contribution in [2.24, 2.45) is 39.7 Å². The van der Waals surface area contributed by atoms with E-state index in [1.54, 1.807) is 23.9 Å². The van der Waals surface area contributed by atoms with Gasteiger partial charge < -0.3 is 4.74 Å². The first-order valence-corrected chi connectivity index (χ1v) is 13.1. The molecule has 4 rings (SSSR count). The number of ether oxygens (including phenoxy) is 1. The van der Waals surface area contributed by atoms with Crippen molar-refractivity contribution in [3.05, 3.63) is 28.7 Å². The van der Waals surface area contributed by atoms with Crippen molar-refractivity contribution in [3.8, 4) is 0 Å². The zero-order chi connectivity index (χ0) is 23.1. The van der Waals surface area contributed by atoms with Crippen molar-refractivity contribution < 1.29 is 19.1 Å². The van der Waals surface area contributed by atoms with Gasteiger partial charge in [0.05, 0.1) is 12.5 Å². The molecule has 0 spiro atoms. The fourth-order valence-corrected chi connectivity index (χ4v) is 7.84. The van der Waals surface area contributed by atoms with E-state index < -0.39 is 6.04 Å². The van der Waals surface area contributed by atoms with Gasteiger partial charge in [0.2, 0.25) is 0 Å². The highest BCUT2D eigenvalue weighted by molar-refractivity contribution is 7.98. The number of rotatable bonds is 7. The molecular weight excluding hydrogens is 426 g/mol. The number of allylic oxidation sites excluding steroid dienone is 4. The van der Waals surface area contributed by atoms with Gasteiger partial charge in [-0.2, -0.15) is 16.7 Å². The summed E-state index contributed by atoms with van der Waals surface area (Å²) in [6.07, 6.45) is 11.7. The average Bonchev–Trinajstić information content (AvgIpc) is 3.12. The molecule has 0 aliphatic heterocycles. The number of thioether (sulfide) groups is 1. The largest absolute Gasteiger partial charge is 0.458 e. The lowest BCUT2D eigenvalue weighted by Gasteiger charge is -2.58. The van der Waals surface area contributed by atoms with Crippen LogP contribution in [-0.2, 0) is 19.1 Å². The molecule has 0 saturated heterocycles. The fraction of sp³-hybridized carbons (Fsp3) is 0.720. The van der Waals surface area contributed by atoms with Gasteiger partial charge in [0.25, 0.3) is 0 Å². The molecule has 3 saturated carbocycles. The van der Waals surface area contributed by atoms with E-state index in [0.29, 0.717) is 30.4 Å². The summed E-state index contributed by atoms with van der Waals surface area (Å²) in [5.74, 6) is 0.810. The Morgan fingerprint density at radius 2 is 2.03 bits per heavy atom. The van der Waals surface area contributed by atoms with Crippen LogP contribution in [0, 0.1) is 39.4 Å². The van der Waals surface area contributed by atoms with Crippen LogP contribution in [0.25, 0.3) is 0 Å². The highest BCUT2D eigenvalue weighted by Crippen LogP contribution is 2.66. The van der Waals surface area contributed by atoms with E-state index in [4.69, 9.17) is 4.74 Å². The number of hydrogen-bond donors (Lipinski definition) is 0. The lowest BCUT2D eigenvalue weighted by atomic mass is 9.46. The fourth-order valence-electron chi connectivity index (χ4n) is 7.47. The Bertz CT molecular complexity index is 882. The number of carbonyl (C=O) groups is 3. The molecule has 0 N–H and O–H groups in total. The van der Waals surface area contributed by atoms with Crippen molar-refractivity contribution in [1.29, 1.82) is 0 Å². The number of nitroso groups, excluding NO2 is 1. The first-order chi connectivity index (χ1) is 15.2. The Hall–Kier alpha value is -1.76. The first-order valence-electron chi connectivity index (χ1n) is 11.7. The van der Waals surface area contributed by atoms with E-state index in [0.717, 1.165) is 31.3 Å². The highest BCUT2D eigenvalue weighted by atomic mass is 32.2. The standard InChI is InChI=1S/C25H33NO5S/c1-24-10-8-16(27)12-15(24)4-5-17-18-6-7-19(21(28)14-31-22(29)9-11-32-3)25(18,2)13-20(26-30)23(17)24/h8,10,12,17-20,23H,4-7,9,11,13-14H2,1-3H3. The summed E-state index contributed by atoms with van der Waals surface area (Å²) < 4.78 is 5.26. The summed E-state index contributed by atoms with van der Waals surface area (Å²) in [6, 6.07) is -0.398. The molecule has 0 heterocycles. The summed E-state index contributed by atoms with van der Waals surface area (Å²) in [5, 5.41) is 3.60. The van der Waals surface area contributed by atoms with Crippen LogP contribution in [0.2, 0.25) is 0 Å². The Balaban J connectivity index is 1.54. The SMILES string of the molecule is CSCCC(=O)OCC(=O)C1CCC2C3CCC4=CC(=O)C=CC4(C)C3C(N=O)CC12C. The molecule has 0 aromatic heterocycles. The number of carbonyl (C=O) groups excluding carboxylic acids is 3. The maximum Gasteiger partial charge on any atom is 0.307 e. The third-order valence-corrected chi connectivity index (χ3v) is 9.51. The molecule has 0 aromatic carbocycles. The van der Waals surface area contributed by atoms with Gasteiger partial charge in [0.1, 0.15) is 6.61 Å². The van der Waals surface area contributed by atoms with Gasteiger partial charge in [0.15, 0.2) is 11.6 Å². The molecule has 0 aromatic rings. The van der Waals surface area contributed by atoms with E-state index in [1.165, 1.54) is 0 Å². The number of Topliss-reactive ketones (excluding diaryl/α,β-unsaturated/α-hetero) is 1. The maximum absolute atomic E-state index is 13.1. The van der Waals surface area contributed by atoms with Gasteiger partial charge in [-0.25, -0.2) is 0 Å². The molecule has 7 unspecified atom stereocenters. The van der Waals surface area contributed by atoms with Crippen LogP contribution < -0.4 is 0 Å². The van der Waals surface area contributed by atoms with Crippen LogP contribution in [0.5, 0.6) is 0 Å². The molecule has 0 bridgehead atoms. The molecule has 3 fully saturated rings. The second-order valence-electron chi connectivity index (χ2n) is 10.4. The van der Waals surface area contributed by atoms with Crippen LogP contribution in [-0.4, -0.2) is 42.2 Å². The Kier molecular flexibility index (Phi) is 6.49. The van der Waals surface area contributed by atoms with Crippen LogP contribution in [0.4, 0.5) is 0 Å². The third kappa shape index (κ3) is 3.80. The minimum absolute atomic E-state index is 0.0192. The molecule has 0 radical (unpaired) electrons. The molecule has 174 valence electrons. The predicted molar refractivity (Wildman–Crippen MR) is 124 cm³/mol.